The predicted molar refractivity (Wildman–Crippen MR) is 128 cm³/mol. The molecule has 0 aromatic heterocycles. The minimum absolute atomic E-state index is 0. The van der Waals surface area contributed by atoms with Crippen molar-refractivity contribution in [1.29, 1.82) is 0 Å². The number of sulfonamides is 1. The van der Waals surface area contributed by atoms with Crippen LogP contribution in [0.3, 0.4) is 0 Å². The van der Waals surface area contributed by atoms with E-state index < -0.39 is 10.0 Å². The first-order chi connectivity index (χ1) is 13.6. The lowest BCUT2D eigenvalue weighted by atomic mass is 9.80. The number of nitrogens with zero attached hydrogens (tertiary/aromatic N) is 3. The molecule has 10 heteroatoms. The summed E-state index contributed by atoms with van der Waals surface area (Å²) in [4.78, 5) is 7.53. The predicted octanol–water partition coefficient (Wildman–Crippen LogP) is 1.23. The molecule has 8 nitrogen and oxygen atoms in total. The zero-order valence-electron chi connectivity index (χ0n) is 17.7. The van der Waals surface area contributed by atoms with Gasteiger partial charge in [-0.25, -0.2) is 12.7 Å². The molecule has 170 valence electrons. The van der Waals surface area contributed by atoms with Gasteiger partial charge in [0.25, 0.3) is 0 Å². The first-order valence-electron chi connectivity index (χ1n) is 10.9. The van der Waals surface area contributed by atoms with Crippen LogP contribution in [0.25, 0.3) is 0 Å². The van der Waals surface area contributed by atoms with E-state index in [0.717, 1.165) is 51.8 Å². The van der Waals surface area contributed by atoms with E-state index in [1.54, 1.807) is 4.31 Å². The molecule has 3 aliphatic rings. The fraction of sp³-hybridized carbons (Fsp3) is 0.947. The maximum atomic E-state index is 11.9. The molecule has 1 saturated carbocycles. The molecule has 0 amide bonds. The van der Waals surface area contributed by atoms with Gasteiger partial charge < -0.3 is 15.4 Å². The summed E-state index contributed by atoms with van der Waals surface area (Å²) in [7, 11) is -3.04. The summed E-state index contributed by atoms with van der Waals surface area (Å²) in [6, 6.07) is 0. The summed E-state index contributed by atoms with van der Waals surface area (Å²) >= 11 is 0. The average molecular weight is 544 g/mol. The van der Waals surface area contributed by atoms with Crippen molar-refractivity contribution >= 4 is 40.0 Å². The summed E-state index contributed by atoms with van der Waals surface area (Å²) in [6.07, 6.45) is 6.98. The van der Waals surface area contributed by atoms with Gasteiger partial charge in [0.2, 0.25) is 10.0 Å². The number of guanidine groups is 1. The third kappa shape index (κ3) is 6.91. The molecule has 2 saturated heterocycles. The normalized spacial score (nSPS) is 25.3. The van der Waals surface area contributed by atoms with Crippen LogP contribution >= 0.6 is 24.0 Å². The van der Waals surface area contributed by atoms with Crippen molar-refractivity contribution in [2.75, 3.05) is 64.8 Å². The second-order valence-electron chi connectivity index (χ2n) is 8.07. The van der Waals surface area contributed by atoms with Crippen LogP contribution in [0.1, 0.15) is 45.4 Å². The minimum Gasteiger partial charge on any atom is -0.379 e. The van der Waals surface area contributed by atoms with Crippen molar-refractivity contribution in [2.45, 2.75) is 51.0 Å². The van der Waals surface area contributed by atoms with Gasteiger partial charge >= 0.3 is 0 Å². The number of nitrogens with one attached hydrogen (secondary N) is 2. The Balaban J connectivity index is 0.00000300. The van der Waals surface area contributed by atoms with Crippen molar-refractivity contribution < 1.29 is 13.2 Å². The molecule has 0 unspecified atom stereocenters. The largest absolute Gasteiger partial charge is 0.379 e. The van der Waals surface area contributed by atoms with Gasteiger partial charge in [-0.2, -0.15) is 0 Å². The summed E-state index contributed by atoms with van der Waals surface area (Å²) in [5.41, 5.74) is 0.142. The lowest BCUT2D eigenvalue weighted by Gasteiger charge is -2.47. The number of morpholine rings is 1. The van der Waals surface area contributed by atoms with Crippen LogP contribution in [0.5, 0.6) is 0 Å². The quantitative estimate of drug-likeness (QED) is 0.286. The summed E-state index contributed by atoms with van der Waals surface area (Å²) in [5, 5.41) is 6.65. The molecule has 0 atom stereocenters. The van der Waals surface area contributed by atoms with Gasteiger partial charge in [-0.15, -0.1) is 24.0 Å². The van der Waals surface area contributed by atoms with Gasteiger partial charge in [0.15, 0.2) is 5.96 Å². The van der Waals surface area contributed by atoms with Crippen molar-refractivity contribution in [3.8, 4) is 0 Å². The summed E-state index contributed by atoms with van der Waals surface area (Å²) in [5.74, 6) is 1.07. The number of hydrogen-bond donors (Lipinski definition) is 2. The molecule has 0 bridgehead atoms. The van der Waals surface area contributed by atoms with Crippen LogP contribution in [0.4, 0.5) is 0 Å². The standard InChI is InChI=1S/C19H37N5O3S.HI/c1-2-20-18(21-9-11-24-10-6-16-28(24,25)26)22-17-19(7-4-3-5-8-19)23-12-14-27-15-13-23;/h2-17H2,1H3,(H2,20,21,22);1H. The lowest BCUT2D eigenvalue weighted by molar-refractivity contribution is -0.0333. The third-order valence-corrected chi connectivity index (χ3v) is 8.16. The fourth-order valence-electron chi connectivity index (χ4n) is 4.63. The van der Waals surface area contributed by atoms with Crippen LogP contribution in [0, 0.1) is 0 Å². The van der Waals surface area contributed by atoms with Gasteiger partial charge in [-0.05, 0) is 26.2 Å². The third-order valence-electron chi connectivity index (χ3n) is 6.20. The number of hydrogen-bond acceptors (Lipinski definition) is 5. The Hall–Kier alpha value is -0.170. The Morgan fingerprint density at radius 3 is 2.41 bits per heavy atom. The van der Waals surface area contributed by atoms with Crippen LogP contribution < -0.4 is 10.6 Å². The van der Waals surface area contributed by atoms with Gasteiger partial charge in [0, 0.05) is 44.8 Å². The van der Waals surface area contributed by atoms with Crippen molar-refractivity contribution in [3.63, 3.8) is 0 Å². The molecular weight excluding hydrogens is 505 g/mol. The SMILES string of the molecule is CCNC(=NCC1(N2CCOCC2)CCCCC1)NCCN1CCCS1(=O)=O.I. The van der Waals surface area contributed by atoms with Crippen molar-refractivity contribution in [1.82, 2.24) is 19.8 Å². The van der Waals surface area contributed by atoms with E-state index in [1.165, 1.54) is 32.1 Å². The number of aliphatic imine (C=N–C) groups is 1. The highest BCUT2D eigenvalue weighted by Crippen LogP contribution is 2.34. The molecule has 3 rings (SSSR count). The zero-order chi connectivity index (χ0) is 19.9. The molecule has 0 spiro atoms. The van der Waals surface area contributed by atoms with E-state index in [4.69, 9.17) is 9.73 Å². The van der Waals surface area contributed by atoms with E-state index >= 15 is 0 Å². The maximum absolute atomic E-state index is 11.9. The molecule has 0 aromatic carbocycles. The maximum Gasteiger partial charge on any atom is 0.214 e. The Morgan fingerprint density at radius 1 is 1.07 bits per heavy atom. The molecular formula is C19H38IN5O3S. The fourth-order valence-corrected chi connectivity index (χ4v) is 6.16. The first kappa shape index (κ1) is 25.1. The topological polar surface area (TPSA) is 86.3 Å². The Kier molecular flexibility index (Phi) is 10.4. The lowest BCUT2D eigenvalue weighted by Crippen LogP contribution is -2.56. The highest BCUT2D eigenvalue weighted by Gasteiger charge is 2.38. The van der Waals surface area contributed by atoms with Crippen LogP contribution in [0.15, 0.2) is 4.99 Å². The van der Waals surface area contributed by atoms with Crippen LogP contribution in [-0.4, -0.2) is 93.9 Å². The van der Waals surface area contributed by atoms with Gasteiger partial charge in [-0.1, -0.05) is 19.3 Å². The number of halogens is 1. The smallest absolute Gasteiger partial charge is 0.214 e. The molecule has 0 radical (unpaired) electrons. The molecule has 2 heterocycles. The van der Waals surface area contributed by atoms with E-state index in [1.807, 2.05) is 0 Å². The Bertz CT molecular complexity index is 619. The number of ether oxygens (including phenoxy) is 1. The van der Waals surface area contributed by atoms with E-state index in [0.29, 0.717) is 19.6 Å². The molecule has 2 N–H and O–H groups in total. The second-order valence-corrected chi connectivity index (χ2v) is 10.2. The Labute approximate surface area is 193 Å². The van der Waals surface area contributed by atoms with Gasteiger partial charge in [0.05, 0.1) is 25.5 Å². The highest BCUT2D eigenvalue weighted by atomic mass is 127. The van der Waals surface area contributed by atoms with Crippen LogP contribution in [0.2, 0.25) is 0 Å². The van der Waals surface area contributed by atoms with E-state index in [9.17, 15) is 8.42 Å². The van der Waals surface area contributed by atoms with Crippen molar-refractivity contribution in [2.24, 2.45) is 4.99 Å². The molecule has 0 aromatic rings. The summed E-state index contributed by atoms with van der Waals surface area (Å²) < 4.78 is 31.0. The summed E-state index contributed by atoms with van der Waals surface area (Å²) in [6.45, 7) is 8.96. The average Bonchev–Trinajstić information content (AvgIpc) is 3.05. The van der Waals surface area contributed by atoms with Gasteiger partial charge in [0.1, 0.15) is 0 Å². The highest BCUT2D eigenvalue weighted by molar-refractivity contribution is 14.0. The van der Waals surface area contributed by atoms with Crippen molar-refractivity contribution in [3.05, 3.63) is 0 Å². The van der Waals surface area contributed by atoms with E-state index in [2.05, 4.69) is 22.5 Å². The van der Waals surface area contributed by atoms with Gasteiger partial charge in [-0.3, -0.25) is 9.89 Å². The monoisotopic (exact) mass is 543 g/mol. The Morgan fingerprint density at radius 2 is 1.79 bits per heavy atom. The number of rotatable bonds is 7. The molecule has 2 aliphatic heterocycles. The molecule has 1 aliphatic carbocycles. The second kappa shape index (κ2) is 12.0. The molecule has 3 fully saturated rings. The van der Waals surface area contributed by atoms with Crippen LogP contribution in [-0.2, 0) is 14.8 Å². The zero-order valence-corrected chi connectivity index (χ0v) is 20.8. The first-order valence-corrected chi connectivity index (χ1v) is 12.5. The van der Waals surface area contributed by atoms with E-state index in [-0.39, 0.29) is 35.3 Å². The molecule has 29 heavy (non-hydrogen) atoms. The minimum atomic E-state index is -3.04.